The van der Waals surface area contributed by atoms with Crippen molar-refractivity contribution in [1.29, 1.82) is 0 Å². The Bertz CT molecular complexity index is 749. The van der Waals surface area contributed by atoms with Crippen molar-refractivity contribution in [2.45, 2.75) is 6.42 Å². The Hall–Kier alpha value is -2.89. The quantitative estimate of drug-likeness (QED) is 0.679. The molecule has 0 N–H and O–H groups in total. The molecule has 21 heavy (non-hydrogen) atoms. The third-order valence-corrected chi connectivity index (χ3v) is 3.07. The molecule has 0 fully saturated rings. The van der Waals surface area contributed by atoms with E-state index in [9.17, 15) is 4.79 Å². The predicted molar refractivity (Wildman–Crippen MR) is 76.5 cm³/mol. The second-order valence-corrected chi connectivity index (χ2v) is 4.62. The molecule has 0 spiro atoms. The zero-order valence-electron chi connectivity index (χ0n) is 11.5. The van der Waals surface area contributed by atoms with Crippen LogP contribution in [0.1, 0.15) is 16.1 Å². The molecule has 0 aromatic carbocycles. The molecule has 0 amide bonds. The van der Waals surface area contributed by atoms with Crippen LogP contribution in [0.3, 0.4) is 0 Å². The van der Waals surface area contributed by atoms with Crippen LogP contribution in [0, 0.1) is 0 Å². The standard InChI is InChI=1S/C15H13N5O/c1-20-10-16-9-13(20)14(21)6-11-7-18-15(19-8-11)12-4-2-3-5-17-12/h2-5,7-10H,6H2,1H3. The van der Waals surface area contributed by atoms with Crippen molar-refractivity contribution in [3.05, 3.63) is 60.6 Å². The second-order valence-electron chi connectivity index (χ2n) is 4.62. The number of aromatic nitrogens is 5. The van der Waals surface area contributed by atoms with Gasteiger partial charge in [-0.2, -0.15) is 0 Å². The van der Waals surface area contributed by atoms with E-state index in [1.165, 1.54) is 0 Å². The lowest BCUT2D eigenvalue weighted by atomic mass is 10.1. The fourth-order valence-electron chi connectivity index (χ4n) is 1.98. The lowest BCUT2D eigenvalue weighted by Crippen LogP contribution is -2.09. The van der Waals surface area contributed by atoms with Crippen molar-refractivity contribution in [3.63, 3.8) is 0 Å². The molecule has 0 aliphatic rings. The van der Waals surface area contributed by atoms with Gasteiger partial charge in [-0.25, -0.2) is 15.0 Å². The Balaban J connectivity index is 1.76. The zero-order valence-corrected chi connectivity index (χ0v) is 11.5. The fourth-order valence-corrected chi connectivity index (χ4v) is 1.98. The highest BCUT2D eigenvalue weighted by Crippen LogP contribution is 2.11. The van der Waals surface area contributed by atoms with Gasteiger partial charge in [0.05, 0.1) is 12.5 Å². The van der Waals surface area contributed by atoms with Crippen LogP contribution in [0.4, 0.5) is 0 Å². The van der Waals surface area contributed by atoms with Crippen LogP contribution in [-0.2, 0) is 13.5 Å². The molecule has 0 atom stereocenters. The Morgan fingerprint density at radius 1 is 1.14 bits per heavy atom. The van der Waals surface area contributed by atoms with Crippen LogP contribution >= 0.6 is 0 Å². The van der Waals surface area contributed by atoms with E-state index < -0.39 is 0 Å². The summed E-state index contributed by atoms with van der Waals surface area (Å²) in [6.07, 6.45) is 8.43. The number of rotatable bonds is 4. The van der Waals surface area contributed by atoms with E-state index in [4.69, 9.17) is 0 Å². The molecule has 104 valence electrons. The Kier molecular flexibility index (Phi) is 3.51. The minimum Gasteiger partial charge on any atom is -0.331 e. The van der Waals surface area contributed by atoms with Gasteiger partial charge in [-0.15, -0.1) is 0 Å². The highest BCUT2D eigenvalue weighted by Gasteiger charge is 2.11. The number of carbonyl (C=O) groups excluding carboxylic acids is 1. The van der Waals surface area contributed by atoms with Gasteiger partial charge in [0.2, 0.25) is 0 Å². The van der Waals surface area contributed by atoms with Crippen LogP contribution in [-0.4, -0.2) is 30.3 Å². The first-order valence-corrected chi connectivity index (χ1v) is 6.46. The summed E-state index contributed by atoms with van der Waals surface area (Å²) >= 11 is 0. The molecule has 3 aromatic rings. The Morgan fingerprint density at radius 3 is 2.57 bits per heavy atom. The van der Waals surface area contributed by atoms with Crippen molar-refractivity contribution in [2.75, 3.05) is 0 Å². The van der Waals surface area contributed by atoms with E-state index in [1.54, 1.807) is 42.7 Å². The summed E-state index contributed by atoms with van der Waals surface area (Å²) in [7, 11) is 1.79. The molecule has 0 saturated carbocycles. The average molecular weight is 279 g/mol. The summed E-state index contributed by atoms with van der Waals surface area (Å²) in [6, 6.07) is 5.56. The average Bonchev–Trinajstić information content (AvgIpc) is 2.95. The first kappa shape index (κ1) is 13.1. The predicted octanol–water partition coefficient (Wildman–Crippen LogP) is 1.70. The molecule has 6 heteroatoms. The number of nitrogens with zero attached hydrogens (tertiary/aromatic N) is 5. The van der Waals surface area contributed by atoms with Crippen LogP contribution < -0.4 is 0 Å². The maximum Gasteiger partial charge on any atom is 0.185 e. The molecule has 0 unspecified atom stereocenters. The van der Waals surface area contributed by atoms with Gasteiger partial charge in [0, 0.05) is 32.1 Å². The van der Waals surface area contributed by atoms with Crippen molar-refractivity contribution in [3.8, 4) is 11.5 Å². The molecule has 0 aliphatic heterocycles. The third-order valence-electron chi connectivity index (χ3n) is 3.07. The number of pyridine rings is 1. The number of hydrogen-bond acceptors (Lipinski definition) is 5. The molecule has 0 saturated heterocycles. The monoisotopic (exact) mass is 279 g/mol. The Labute approximate surface area is 121 Å². The van der Waals surface area contributed by atoms with Gasteiger partial charge in [-0.05, 0) is 17.7 Å². The minimum atomic E-state index is -0.0100. The minimum absolute atomic E-state index is 0.0100. The molecule has 3 aromatic heterocycles. The number of Topliss-reactive ketones (excluding diaryl/α,β-unsaturated/α-hetero) is 1. The van der Waals surface area contributed by atoms with Gasteiger partial charge >= 0.3 is 0 Å². The molecule has 3 rings (SSSR count). The van der Waals surface area contributed by atoms with E-state index >= 15 is 0 Å². The highest BCUT2D eigenvalue weighted by molar-refractivity contribution is 5.95. The van der Waals surface area contributed by atoms with Gasteiger partial charge in [0.25, 0.3) is 0 Å². The van der Waals surface area contributed by atoms with Crippen molar-refractivity contribution < 1.29 is 4.79 Å². The largest absolute Gasteiger partial charge is 0.331 e. The number of imidazole rings is 1. The van der Waals surface area contributed by atoms with Gasteiger partial charge in [0.1, 0.15) is 11.4 Å². The van der Waals surface area contributed by atoms with Gasteiger partial charge in [0.15, 0.2) is 11.6 Å². The maximum atomic E-state index is 12.1. The number of ketones is 1. The fraction of sp³-hybridized carbons (Fsp3) is 0.133. The first-order valence-electron chi connectivity index (χ1n) is 6.46. The van der Waals surface area contributed by atoms with Crippen LogP contribution in [0.5, 0.6) is 0 Å². The molecule has 0 bridgehead atoms. The van der Waals surface area contributed by atoms with Gasteiger partial charge in [-0.3, -0.25) is 9.78 Å². The van der Waals surface area contributed by atoms with Crippen molar-refractivity contribution in [1.82, 2.24) is 24.5 Å². The van der Waals surface area contributed by atoms with Gasteiger partial charge in [-0.1, -0.05) is 6.07 Å². The summed E-state index contributed by atoms with van der Waals surface area (Å²) < 4.78 is 1.70. The van der Waals surface area contributed by atoms with Crippen LogP contribution in [0.2, 0.25) is 0 Å². The second kappa shape index (κ2) is 5.62. The Morgan fingerprint density at radius 2 is 1.95 bits per heavy atom. The van der Waals surface area contributed by atoms with E-state index in [-0.39, 0.29) is 12.2 Å². The summed E-state index contributed by atoms with van der Waals surface area (Å²) in [5, 5.41) is 0. The molecular weight excluding hydrogens is 266 g/mol. The normalized spacial score (nSPS) is 10.5. The van der Waals surface area contributed by atoms with Crippen LogP contribution in [0.15, 0.2) is 49.3 Å². The summed E-state index contributed by atoms with van der Waals surface area (Å²) in [5.41, 5.74) is 2.05. The molecular formula is C15H13N5O. The lowest BCUT2D eigenvalue weighted by Gasteiger charge is -2.03. The van der Waals surface area contributed by atoms with E-state index in [0.29, 0.717) is 17.2 Å². The topological polar surface area (TPSA) is 73.6 Å². The smallest absolute Gasteiger partial charge is 0.185 e. The van der Waals surface area contributed by atoms with E-state index in [2.05, 4.69) is 19.9 Å². The number of aryl methyl sites for hydroxylation is 1. The van der Waals surface area contributed by atoms with Crippen molar-refractivity contribution >= 4 is 5.78 Å². The molecule has 6 nitrogen and oxygen atoms in total. The SMILES string of the molecule is Cn1cncc1C(=O)Cc1cnc(-c2ccccn2)nc1. The summed E-state index contributed by atoms with van der Waals surface area (Å²) in [5.74, 6) is 0.538. The van der Waals surface area contributed by atoms with Crippen LogP contribution in [0.25, 0.3) is 11.5 Å². The highest BCUT2D eigenvalue weighted by atomic mass is 16.1. The van der Waals surface area contributed by atoms with E-state index in [0.717, 1.165) is 5.56 Å². The van der Waals surface area contributed by atoms with Gasteiger partial charge < -0.3 is 4.57 Å². The number of carbonyl (C=O) groups is 1. The summed E-state index contributed by atoms with van der Waals surface area (Å²) in [6.45, 7) is 0. The molecule has 3 heterocycles. The number of hydrogen-bond donors (Lipinski definition) is 0. The summed E-state index contributed by atoms with van der Waals surface area (Å²) in [4.78, 5) is 28.8. The third kappa shape index (κ3) is 2.84. The van der Waals surface area contributed by atoms with Crippen molar-refractivity contribution in [2.24, 2.45) is 7.05 Å². The maximum absolute atomic E-state index is 12.1. The molecule has 0 aliphatic carbocycles. The lowest BCUT2D eigenvalue weighted by molar-refractivity contribution is 0.0985. The van der Waals surface area contributed by atoms with E-state index in [1.807, 2.05) is 18.2 Å². The first-order chi connectivity index (χ1) is 10.2. The zero-order chi connectivity index (χ0) is 14.7. The molecule has 0 radical (unpaired) electrons.